The molecule has 0 saturated carbocycles. The number of nitrogens with one attached hydrogen (secondary N) is 1. The summed E-state index contributed by atoms with van der Waals surface area (Å²) in [5, 5.41) is 7.97. The molecular formula is C16H16FN5OS. The lowest BCUT2D eigenvalue weighted by molar-refractivity contribution is -0.123. The molecule has 1 aliphatic heterocycles. The molecule has 6 nitrogen and oxygen atoms in total. The molecule has 0 spiro atoms. The number of fused-ring (bicyclic) bond motifs is 1. The number of carbonyl (C=O) groups is 1. The molecule has 8 heteroatoms. The molecule has 4 rings (SSSR count). The Morgan fingerprint density at radius 2 is 2.25 bits per heavy atom. The first kappa shape index (κ1) is 15.1. The lowest BCUT2D eigenvalue weighted by Crippen LogP contribution is -2.50. The van der Waals surface area contributed by atoms with E-state index in [-0.39, 0.29) is 11.7 Å². The molecule has 3 heterocycles. The standard InChI is InChI=1S/C16H16FN5OS/c1-9-13-14(21(2)20-9)19-16(24-13)22-7-6-18-15(23)12(22)10-4-3-5-11(17)8-10/h3-5,8,12H,6-7H2,1-2H3,(H,18,23)/t12-/m1/s1. The second-order valence-electron chi connectivity index (χ2n) is 5.80. The van der Waals surface area contributed by atoms with Crippen LogP contribution in [-0.2, 0) is 11.8 Å². The van der Waals surface area contributed by atoms with Gasteiger partial charge >= 0.3 is 0 Å². The number of piperazine rings is 1. The van der Waals surface area contributed by atoms with Crippen LogP contribution in [0.2, 0.25) is 0 Å². The van der Waals surface area contributed by atoms with E-state index in [9.17, 15) is 9.18 Å². The van der Waals surface area contributed by atoms with Gasteiger partial charge in [-0.05, 0) is 24.6 Å². The normalized spacial score (nSPS) is 18.2. The summed E-state index contributed by atoms with van der Waals surface area (Å²) in [6.45, 7) is 3.11. The van der Waals surface area contributed by atoms with E-state index in [2.05, 4.69) is 15.4 Å². The Morgan fingerprint density at radius 1 is 1.42 bits per heavy atom. The second kappa shape index (κ2) is 5.55. The van der Waals surface area contributed by atoms with Crippen LogP contribution < -0.4 is 10.2 Å². The molecule has 1 aliphatic rings. The maximum absolute atomic E-state index is 13.6. The van der Waals surface area contributed by atoms with Gasteiger partial charge in [0.05, 0.1) is 10.4 Å². The zero-order valence-electron chi connectivity index (χ0n) is 13.3. The number of aryl methyl sites for hydroxylation is 2. The summed E-state index contributed by atoms with van der Waals surface area (Å²) in [4.78, 5) is 19.1. The molecule has 2 aromatic heterocycles. The van der Waals surface area contributed by atoms with E-state index >= 15 is 0 Å². The van der Waals surface area contributed by atoms with Crippen molar-refractivity contribution < 1.29 is 9.18 Å². The number of thiazole rings is 1. The average molecular weight is 345 g/mol. The van der Waals surface area contributed by atoms with Gasteiger partial charge in [-0.25, -0.2) is 14.1 Å². The van der Waals surface area contributed by atoms with Crippen molar-refractivity contribution in [3.05, 3.63) is 41.3 Å². The number of benzene rings is 1. The van der Waals surface area contributed by atoms with Crippen LogP contribution in [0.25, 0.3) is 10.3 Å². The molecule has 1 aromatic carbocycles. The van der Waals surface area contributed by atoms with E-state index in [4.69, 9.17) is 0 Å². The van der Waals surface area contributed by atoms with Gasteiger partial charge in [-0.2, -0.15) is 5.10 Å². The first-order valence-corrected chi connectivity index (χ1v) is 8.46. The van der Waals surface area contributed by atoms with Crippen molar-refractivity contribution in [2.45, 2.75) is 13.0 Å². The summed E-state index contributed by atoms with van der Waals surface area (Å²) in [5.74, 6) is -0.490. The van der Waals surface area contributed by atoms with Crippen molar-refractivity contribution >= 4 is 32.7 Å². The van der Waals surface area contributed by atoms with Crippen molar-refractivity contribution in [2.75, 3.05) is 18.0 Å². The van der Waals surface area contributed by atoms with E-state index in [1.165, 1.54) is 23.5 Å². The van der Waals surface area contributed by atoms with E-state index in [0.29, 0.717) is 18.7 Å². The molecule has 1 saturated heterocycles. The molecule has 0 unspecified atom stereocenters. The van der Waals surface area contributed by atoms with Crippen LogP contribution in [0.5, 0.6) is 0 Å². The van der Waals surface area contributed by atoms with Crippen molar-refractivity contribution in [3.8, 4) is 0 Å². The molecule has 0 bridgehead atoms. The molecule has 0 aliphatic carbocycles. The Labute approximate surface area is 141 Å². The Balaban J connectivity index is 1.80. The van der Waals surface area contributed by atoms with Crippen LogP contribution in [0.1, 0.15) is 17.3 Å². The molecule has 24 heavy (non-hydrogen) atoms. The Kier molecular flexibility index (Phi) is 3.49. The topological polar surface area (TPSA) is 63.1 Å². The van der Waals surface area contributed by atoms with Gasteiger partial charge in [-0.15, -0.1) is 0 Å². The second-order valence-corrected chi connectivity index (χ2v) is 6.78. The third kappa shape index (κ3) is 2.34. The Morgan fingerprint density at radius 3 is 3.00 bits per heavy atom. The average Bonchev–Trinajstić information content (AvgIpc) is 3.09. The highest BCUT2D eigenvalue weighted by Crippen LogP contribution is 2.36. The fraction of sp³-hybridized carbons (Fsp3) is 0.312. The number of nitrogens with zero attached hydrogens (tertiary/aromatic N) is 4. The van der Waals surface area contributed by atoms with E-state index < -0.39 is 6.04 Å². The zero-order valence-corrected chi connectivity index (χ0v) is 14.1. The number of carbonyl (C=O) groups excluding carboxylic acids is 1. The molecule has 124 valence electrons. The third-order valence-electron chi connectivity index (χ3n) is 4.16. The molecule has 0 radical (unpaired) electrons. The van der Waals surface area contributed by atoms with Gasteiger partial charge in [0.1, 0.15) is 11.9 Å². The first-order valence-electron chi connectivity index (χ1n) is 7.64. The Bertz CT molecular complexity index is 899. The van der Waals surface area contributed by atoms with E-state index in [1.807, 2.05) is 18.9 Å². The molecular weight excluding hydrogens is 329 g/mol. The van der Waals surface area contributed by atoms with Gasteiger partial charge in [0.25, 0.3) is 0 Å². The highest BCUT2D eigenvalue weighted by molar-refractivity contribution is 7.22. The highest BCUT2D eigenvalue weighted by Gasteiger charge is 2.33. The maximum atomic E-state index is 13.6. The SMILES string of the molecule is Cc1nn(C)c2nc(N3CCNC(=O)[C@H]3c3cccc(F)c3)sc12. The van der Waals surface area contributed by atoms with Gasteiger partial charge in [-0.3, -0.25) is 4.79 Å². The van der Waals surface area contributed by atoms with E-state index in [0.717, 1.165) is 21.2 Å². The summed E-state index contributed by atoms with van der Waals surface area (Å²) in [5.41, 5.74) is 2.35. The lowest BCUT2D eigenvalue weighted by Gasteiger charge is -2.35. The van der Waals surface area contributed by atoms with Gasteiger partial charge in [-0.1, -0.05) is 23.5 Å². The maximum Gasteiger partial charge on any atom is 0.247 e. The van der Waals surface area contributed by atoms with Gasteiger partial charge in [0.15, 0.2) is 10.8 Å². The van der Waals surface area contributed by atoms with Gasteiger partial charge < -0.3 is 10.2 Å². The number of rotatable bonds is 2. The number of halogens is 1. The number of amides is 1. The summed E-state index contributed by atoms with van der Waals surface area (Å²) in [7, 11) is 1.85. The molecule has 1 amide bonds. The van der Waals surface area contributed by atoms with Crippen LogP contribution in [0, 0.1) is 12.7 Å². The minimum Gasteiger partial charge on any atom is -0.352 e. The zero-order chi connectivity index (χ0) is 16.8. The molecule has 1 N–H and O–H groups in total. The summed E-state index contributed by atoms with van der Waals surface area (Å²) < 4.78 is 16.4. The summed E-state index contributed by atoms with van der Waals surface area (Å²) >= 11 is 1.51. The third-order valence-corrected chi connectivity index (χ3v) is 5.35. The van der Waals surface area contributed by atoms with Gasteiger partial charge in [0.2, 0.25) is 5.91 Å². The molecule has 1 fully saturated rings. The van der Waals surface area contributed by atoms with E-state index in [1.54, 1.807) is 16.8 Å². The van der Waals surface area contributed by atoms with Crippen molar-refractivity contribution in [3.63, 3.8) is 0 Å². The monoisotopic (exact) mass is 345 g/mol. The largest absolute Gasteiger partial charge is 0.352 e. The molecule has 3 aromatic rings. The number of anilines is 1. The smallest absolute Gasteiger partial charge is 0.247 e. The fourth-order valence-corrected chi connectivity index (χ4v) is 4.16. The quantitative estimate of drug-likeness (QED) is 0.773. The van der Waals surface area contributed by atoms with Crippen molar-refractivity contribution in [2.24, 2.45) is 7.05 Å². The minimum atomic E-state index is -0.580. The Hall–Kier alpha value is -2.48. The number of aromatic nitrogens is 3. The predicted molar refractivity (Wildman–Crippen MR) is 90.6 cm³/mol. The van der Waals surface area contributed by atoms with Crippen molar-refractivity contribution in [1.29, 1.82) is 0 Å². The summed E-state index contributed by atoms with van der Waals surface area (Å²) in [6, 6.07) is 5.59. The van der Waals surface area contributed by atoms with Crippen LogP contribution in [0.4, 0.5) is 9.52 Å². The fourth-order valence-electron chi connectivity index (χ4n) is 3.08. The van der Waals surface area contributed by atoms with Crippen LogP contribution in [0.15, 0.2) is 24.3 Å². The van der Waals surface area contributed by atoms with Crippen molar-refractivity contribution in [1.82, 2.24) is 20.1 Å². The first-order chi connectivity index (χ1) is 11.5. The number of hydrogen-bond acceptors (Lipinski definition) is 5. The molecule has 1 atom stereocenters. The number of hydrogen-bond donors (Lipinski definition) is 1. The van der Waals surface area contributed by atoms with Crippen LogP contribution in [-0.4, -0.2) is 33.8 Å². The predicted octanol–water partition coefficient (Wildman–Crippen LogP) is 2.15. The summed E-state index contributed by atoms with van der Waals surface area (Å²) in [6.07, 6.45) is 0. The lowest BCUT2D eigenvalue weighted by atomic mass is 10.0. The minimum absolute atomic E-state index is 0.138. The highest BCUT2D eigenvalue weighted by atomic mass is 32.1. The van der Waals surface area contributed by atoms with Crippen LogP contribution in [0.3, 0.4) is 0 Å². The van der Waals surface area contributed by atoms with Gasteiger partial charge in [0, 0.05) is 20.1 Å². The van der Waals surface area contributed by atoms with Crippen LogP contribution >= 0.6 is 11.3 Å².